The Balaban J connectivity index is 1.96. The minimum Gasteiger partial charge on any atom is -0.463 e. The molecule has 2 aromatic rings. The average Bonchev–Trinajstić information content (AvgIpc) is 2.71. The molecule has 0 saturated heterocycles. The summed E-state index contributed by atoms with van der Waals surface area (Å²) in [6.45, 7) is 2.40. The standard InChI is InChI=1S/C21H24N3O4P/c1-2-28-19(25)10-9-15-5-3-6-16(11-15)13-22-20(26)17-7-4-8-18(12-17)24-21(27)23-14-29/h3-12H,2,13-14,29H2,1H3,(H,22,26)(H2,23,24,27)/b10-9+. The number of hydrogen-bond donors (Lipinski definition) is 3. The molecule has 0 radical (unpaired) electrons. The van der Waals surface area contributed by atoms with Crippen molar-refractivity contribution in [2.75, 3.05) is 18.2 Å². The lowest BCUT2D eigenvalue weighted by Gasteiger charge is -2.09. The van der Waals surface area contributed by atoms with E-state index in [4.69, 9.17) is 4.74 Å². The van der Waals surface area contributed by atoms with Crippen molar-refractivity contribution in [2.45, 2.75) is 13.5 Å². The van der Waals surface area contributed by atoms with Crippen LogP contribution in [0.25, 0.3) is 6.08 Å². The van der Waals surface area contributed by atoms with Gasteiger partial charge in [0.15, 0.2) is 0 Å². The Morgan fingerprint density at radius 3 is 2.62 bits per heavy atom. The average molecular weight is 413 g/mol. The number of carbonyl (C=O) groups excluding carboxylic acids is 3. The molecule has 0 aliphatic heterocycles. The molecule has 0 aliphatic carbocycles. The van der Waals surface area contributed by atoms with E-state index in [2.05, 4.69) is 25.2 Å². The van der Waals surface area contributed by atoms with Crippen molar-refractivity contribution in [1.82, 2.24) is 10.6 Å². The van der Waals surface area contributed by atoms with Gasteiger partial charge < -0.3 is 20.7 Å². The molecule has 152 valence electrons. The Labute approximate surface area is 172 Å². The van der Waals surface area contributed by atoms with Gasteiger partial charge in [0, 0.05) is 30.2 Å². The van der Waals surface area contributed by atoms with Gasteiger partial charge in [0.25, 0.3) is 5.91 Å². The third kappa shape index (κ3) is 7.76. The van der Waals surface area contributed by atoms with Crippen molar-refractivity contribution in [3.8, 4) is 0 Å². The predicted molar refractivity (Wildman–Crippen MR) is 116 cm³/mol. The van der Waals surface area contributed by atoms with E-state index in [1.807, 2.05) is 24.3 Å². The van der Waals surface area contributed by atoms with E-state index >= 15 is 0 Å². The van der Waals surface area contributed by atoms with Crippen molar-refractivity contribution in [2.24, 2.45) is 0 Å². The molecule has 0 fully saturated rings. The van der Waals surface area contributed by atoms with Gasteiger partial charge in [-0.05, 0) is 48.4 Å². The number of amides is 3. The van der Waals surface area contributed by atoms with Crippen LogP contribution in [0.5, 0.6) is 0 Å². The second-order valence-electron chi connectivity index (χ2n) is 5.93. The summed E-state index contributed by atoms with van der Waals surface area (Å²) in [6, 6.07) is 13.8. The molecule has 2 aromatic carbocycles. The molecule has 0 spiro atoms. The zero-order chi connectivity index (χ0) is 21.1. The van der Waals surface area contributed by atoms with Gasteiger partial charge in [0.05, 0.1) is 6.61 Å². The molecule has 0 saturated carbocycles. The van der Waals surface area contributed by atoms with Gasteiger partial charge in [-0.15, -0.1) is 9.24 Å². The fourth-order valence-electron chi connectivity index (χ4n) is 2.45. The number of nitrogens with one attached hydrogen (secondary N) is 3. The maximum Gasteiger partial charge on any atom is 0.330 e. The van der Waals surface area contributed by atoms with Crippen LogP contribution in [0.3, 0.4) is 0 Å². The minimum absolute atomic E-state index is 0.257. The zero-order valence-electron chi connectivity index (χ0n) is 16.1. The molecule has 0 bridgehead atoms. The fourth-order valence-corrected chi connectivity index (χ4v) is 2.64. The van der Waals surface area contributed by atoms with Gasteiger partial charge in [0.2, 0.25) is 0 Å². The number of anilines is 1. The molecule has 29 heavy (non-hydrogen) atoms. The van der Waals surface area contributed by atoms with Gasteiger partial charge in [-0.25, -0.2) is 9.59 Å². The van der Waals surface area contributed by atoms with Crippen molar-refractivity contribution in [3.05, 3.63) is 71.3 Å². The third-order valence-electron chi connectivity index (χ3n) is 3.75. The summed E-state index contributed by atoms with van der Waals surface area (Å²) in [4.78, 5) is 35.4. The fraction of sp³-hybridized carbons (Fsp3) is 0.190. The highest BCUT2D eigenvalue weighted by atomic mass is 31.0. The molecule has 2 rings (SSSR count). The SMILES string of the molecule is CCOC(=O)/C=C/c1cccc(CNC(=O)c2cccc(NC(=O)NCP)c2)c1. The molecule has 0 aliphatic rings. The number of ether oxygens (including phenoxy) is 1. The number of rotatable bonds is 8. The Bertz CT molecular complexity index is 899. The van der Waals surface area contributed by atoms with Gasteiger partial charge in [-0.2, -0.15) is 0 Å². The van der Waals surface area contributed by atoms with Crippen LogP contribution < -0.4 is 16.0 Å². The first kappa shape index (κ1) is 22.1. The van der Waals surface area contributed by atoms with Crippen LogP contribution in [0.4, 0.5) is 10.5 Å². The normalized spacial score (nSPS) is 10.4. The van der Waals surface area contributed by atoms with Crippen molar-refractivity contribution in [3.63, 3.8) is 0 Å². The summed E-state index contributed by atoms with van der Waals surface area (Å²) in [5.41, 5.74) is 2.68. The molecule has 1 unspecified atom stereocenters. The van der Waals surface area contributed by atoms with E-state index in [0.717, 1.165) is 11.1 Å². The van der Waals surface area contributed by atoms with Crippen LogP contribution in [0.15, 0.2) is 54.6 Å². The molecule has 0 heterocycles. The summed E-state index contributed by atoms with van der Waals surface area (Å²) < 4.78 is 4.86. The van der Waals surface area contributed by atoms with Gasteiger partial charge in [-0.3, -0.25) is 4.79 Å². The zero-order valence-corrected chi connectivity index (χ0v) is 17.3. The highest BCUT2D eigenvalue weighted by molar-refractivity contribution is 7.16. The number of esters is 1. The Hall–Kier alpha value is -3.18. The molecular formula is C21H24N3O4P. The lowest BCUT2D eigenvalue weighted by atomic mass is 10.1. The van der Waals surface area contributed by atoms with Crippen molar-refractivity contribution < 1.29 is 19.1 Å². The van der Waals surface area contributed by atoms with E-state index in [9.17, 15) is 14.4 Å². The number of hydrogen-bond acceptors (Lipinski definition) is 4. The smallest absolute Gasteiger partial charge is 0.330 e. The molecule has 1 atom stereocenters. The second-order valence-corrected chi connectivity index (χ2v) is 6.34. The van der Waals surface area contributed by atoms with Crippen molar-refractivity contribution >= 4 is 38.9 Å². The topological polar surface area (TPSA) is 96.5 Å². The maximum atomic E-state index is 12.4. The monoisotopic (exact) mass is 413 g/mol. The minimum atomic E-state index is -0.397. The molecule has 8 heteroatoms. The van der Waals surface area contributed by atoms with Gasteiger partial charge >= 0.3 is 12.0 Å². The number of urea groups is 1. The molecule has 3 amide bonds. The van der Waals surface area contributed by atoms with Gasteiger partial charge in [-0.1, -0.05) is 24.3 Å². The first-order valence-electron chi connectivity index (χ1n) is 9.08. The maximum absolute atomic E-state index is 12.4. The molecule has 7 nitrogen and oxygen atoms in total. The summed E-state index contributed by atoms with van der Waals surface area (Å²) in [7, 11) is 2.40. The number of carbonyl (C=O) groups is 3. The third-order valence-corrected chi connectivity index (χ3v) is 3.95. The first-order chi connectivity index (χ1) is 14.0. The lowest BCUT2D eigenvalue weighted by molar-refractivity contribution is -0.137. The molecule has 3 N–H and O–H groups in total. The Kier molecular flexibility index (Phi) is 8.86. The van der Waals surface area contributed by atoms with Crippen LogP contribution in [0.2, 0.25) is 0 Å². The van der Waals surface area contributed by atoms with E-state index in [1.165, 1.54) is 6.08 Å². The first-order valence-corrected chi connectivity index (χ1v) is 9.90. The second kappa shape index (κ2) is 11.6. The summed E-state index contributed by atoms with van der Waals surface area (Å²) in [5, 5.41) is 8.11. The summed E-state index contributed by atoms with van der Waals surface area (Å²) >= 11 is 0. The van der Waals surface area contributed by atoms with Crippen molar-refractivity contribution in [1.29, 1.82) is 0 Å². The highest BCUT2D eigenvalue weighted by Crippen LogP contribution is 2.12. The van der Waals surface area contributed by atoms with Crippen LogP contribution in [0.1, 0.15) is 28.4 Å². The Morgan fingerprint density at radius 2 is 1.86 bits per heavy atom. The van der Waals surface area contributed by atoms with Gasteiger partial charge in [0.1, 0.15) is 0 Å². The largest absolute Gasteiger partial charge is 0.463 e. The van der Waals surface area contributed by atoms with E-state index in [1.54, 1.807) is 37.3 Å². The number of benzene rings is 2. The summed E-state index contributed by atoms with van der Waals surface area (Å²) in [5.74, 6) is -0.654. The summed E-state index contributed by atoms with van der Waals surface area (Å²) in [6.07, 6.45) is 3.46. The quantitative estimate of drug-likeness (QED) is 0.352. The van der Waals surface area contributed by atoms with E-state index in [-0.39, 0.29) is 11.9 Å². The molecule has 0 aromatic heterocycles. The van der Waals surface area contributed by atoms with Crippen LogP contribution in [0, 0.1) is 0 Å². The van der Waals surface area contributed by atoms with Crippen LogP contribution in [-0.2, 0) is 16.1 Å². The van der Waals surface area contributed by atoms with Crippen LogP contribution >= 0.6 is 9.24 Å². The predicted octanol–water partition coefficient (Wildman–Crippen LogP) is 3.15. The lowest BCUT2D eigenvalue weighted by Crippen LogP contribution is -2.27. The van der Waals surface area contributed by atoms with Crippen LogP contribution in [-0.4, -0.2) is 30.8 Å². The molecular weight excluding hydrogens is 389 g/mol. The van der Waals surface area contributed by atoms with E-state index < -0.39 is 5.97 Å². The van der Waals surface area contributed by atoms with E-state index in [0.29, 0.717) is 30.7 Å². The highest BCUT2D eigenvalue weighted by Gasteiger charge is 2.08. The Morgan fingerprint density at radius 1 is 1.07 bits per heavy atom.